The fraction of sp³-hybridized carbons (Fsp3) is 0.524. The van der Waals surface area contributed by atoms with E-state index in [9.17, 15) is 28.7 Å². The van der Waals surface area contributed by atoms with Gasteiger partial charge in [0.15, 0.2) is 0 Å². The summed E-state index contributed by atoms with van der Waals surface area (Å²) in [7, 11) is 0. The predicted octanol–water partition coefficient (Wildman–Crippen LogP) is 0.298. The number of hydrogen-bond acceptors (Lipinski definition) is 5. The van der Waals surface area contributed by atoms with Crippen molar-refractivity contribution in [2.24, 2.45) is 11.8 Å². The second-order valence-corrected chi connectivity index (χ2v) is 7.99. The molecular weight excluding hydrogens is 407 g/mol. The molecule has 1 aromatic carbocycles. The highest BCUT2D eigenvalue weighted by Gasteiger charge is 2.30. The number of rotatable bonds is 9. The molecule has 0 aliphatic carbocycles. The van der Waals surface area contributed by atoms with Crippen LogP contribution in [0.3, 0.4) is 0 Å². The zero-order valence-electron chi connectivity index (χ0n) is 17.6. The van der Waals surface area contributed by atoms with E-state index in [1.54, 1.807) is 0 Å². The standard InChI is InChI=1S/C21H29FN4O5/c1-12(2)9-17(19(29)24-14(11-27)10-13-7-8-23-18(13)28)26-21(31)20(30)25-16-6-4-3-5-15(16)22/h3-6,12-14,17,27H,7-11H2,1-2H3,(H,23,28)(H,24,29)(H,25,30)(H,26,31)/t13-,14-,17-/m0/s1. The number of amides is 4. The molecule has 3 atom stereocenters. The van der Waals surface area contributed by atoms with E-state index in [2.05, 4.69) is 21.3 Å². The van der Waals surface area contributed by atoms with Crippen LogP contribution in [0, 0.1) is 17.7 Å². The third-order valence-electron chi connectivity index (χ3n) is 4.96. The van der Waals surface area contributed by atoms with Crippen LogP contribution < -0.4 is 21.3 Å². The number of aliphatic hydroxyl groups excluding tert-OH is 1. The topological polar surface area (TPSA) is 137 Å². The van der Waals surface area contributed by atoms with Crippen molar-refractivity contribution in [3.05, 3.63) is 30.1 Å². The van der Waals surface area contributed by atoms with Gasteiger partial charge in [-0.3, -0.25) is 19.2 Å². The van der Waals surface area contributed by atoms with Gasteiger partial charge in [-0.25, -0.2) is 4.39 Å². The summed E-state index contributed by atoms with van der Waals surface area (Å²) in [6.07, 6.45) is 1.13. The number of hydrogen-bond donors (Lipinski definition) is 5. The average Bonchev–Trinajstić information content (AvgIpc) is 3.12. The summed E-state index contributed by atoms with van der Waals surface area (Å²) in [5.74, 6) is -3.86. The Bertz CT molecular complexity index is 817. The van der Waals surface area contributed by atoms with Crippen LogP contribution >= 0.6 is 0 Å². The first-order valence-electron chi connectivity index (χ1n) is 10.3. The monoisotopic (exact) mass is 436 g/mol. The second kappa shape index (κ2) is 11.4. The molecule has 2 rings (SSSR count). The maximum absolute atomic E-state index is 13.7. The van der Waals surface area contributed by atoms with Gasteiger partial charge in [0.2, 0.25) is 11.8 Å². The summed E-state index contributed by atoms with van der Waals surface area (Å²) in [6.45, 7) is 3.88. The molecule has 9 nitrogen and oxygen atoms in total. The molecule has 31 heavy (non-hydrogen) atoms. The normalized spacial score (nSPS) is 17.6. The van der Waals surface area contributed by atoms with Gasteiger partial charge >= 0.3 is 11.8 Å². The first-order chi connectivity index (χ1) is 14.7. The molecule has 1 aliphatic rings. The molecule has 0 aromatic heterocycles. The van der Waals surface area contributed by atoms with Crippen LogP contribution in [-0.4, -0.2) is 54.0 Å². The quantitative estimate of drug-likeness (QED) is 0.355. The van der Waals surface area contributed by atoms with Crippen molar-refractivity contribution in [3.8, 4) is 0 Å². The number of nitrogens with one attached hydrogen (secondary N) is 4. The Balaban J connectivity index is 1.99. The minimum Gasteiger partial charge on any atom is -0.394 e. The summed E-state index contributed by atoms with van der Waals surface area (Å²) in [5.41, 5.74) is -0.150. The number of carbonyl (C=O) groups is 4. The van der Waals surface area contributed by atoms with E-state index >= 15 is 0 Å². The largest absolute Gasteiger partial charge is 0.394 e. The van der Waals surface area contributed by atoms with Gasteiger partial charge in [-0.05, 0) is 37.3 Å². The van der Waals surface area contributed by atoms with E-state index in [-0.39, 0.29) is 42.9 Å². The molecule has 1 heterocycles. The third-order valence-corrected chi connectivity index (χ3v) is 4.96. The molecule has 1 fully saturated rings. The van der Waals surface area contributed by atoms with Crippen molar-refractivity contribution in [1.82, 2.24) is 16.0 Å². The van der Waals surface area contributed by atoms with Crippen molar-refractivity contribution in [2.45, 2.75) is 45.2 Å². The highest BCUT2D eigenvalue weighted by molar-refractivity contribution is 6.40. The molecule has 170 valence electrons. The van der Waals surface area contributed by atoms with E-state index in [4.69, 9.17) is 0 Å². The maximum Gasteiger partial charge on any atom is 0.313 e. The average molecular weight is 436 g/mol. The van der Waals surface area contributed by atoms with Crippen molar-refractivity contribution in [1.29, 1.82) is 0 Å². The second-order valence-electron chi connectivity index (χ2n) is 7.99. The van der Waals surface area contributed by atoms with Crippen molar-refractivity contribution < 1.29 is 28.7 Å². The Kier molecular flexibility index (Phi) is 8.92. The number of anilines is 1. The number of carbonyl (C=O) groups excluding carboxylic acids is 4. The Hall–Kier alpha value is -3.01. The van der Waals surface area contributed by atoms with Crippen molar-refractivity contribution in [2.75, 3.05) is 18.5 Å². The van der Waals surface area contributed by atoms with E-state index in [1.807, 2.05) is 13.8 Å². The lowest BCUT2D eigenvalue weighted by Crippen LogP contribution is -2.53. The zero-order chi connectivity index (χ0) is 23.0. The van der Waals surface area contributed by atoms with Crippen LogP contribution in [0.15, 0.2) is 24.3 Å². The Labute approximate surface area is 180 Å². The zero-order valence-corrected chi connectivity index (χ0v) is 17.6. The van der Waals surface area contributed by atoms with Crippen LogP contribution in [0.4, 0.5) is 10.1 Å². The van der Waals surface area contributed by atoms with Gasteiger partial charge in [0.05, 0.1) is 18.3 Å². The fourth-order valence-corrected chi connectivity index (χ4v) is 3.36. The molecule has 0 spiro atoms. The summed E-state index contributed by atoms with van der Waals surface area (Å²) in [6, 6.07) is 3.70. The van der Waals surface area contributed by atoms with Gasteiger partial charge in [0.1, 0.15) is 11.9 Å². The highest BCUT2D eigenvalue weighted by Crippen LogP contribution is 2.16. The van der Waals surface area contributed by atoms with E-state index in [0.717, 1.165) is 6.07 Å². The molecular formula is C21H29FN4O5. The first kappa shape index (κ1) is 24.3. The van der Waals surface area contributed by atoms with Gasteiger partial charge in [-0.15, -0.1) is 0 Å². The molecule has 4 amide bonds. The maximum atomic E-state index is 13.7. The summed E-state index contributed by atoms with van der Waals surface area (Å²) in [5, 5.41) is 19.5. The van der Waals surface area contributed by atoms with Gasteiger partial charge in [-0.2, -0.15) is 0 Å². The SMILES string of the molecule is CC(C)C[C@H](NC(=O)C(=O)Nc1ccccc1F)C(=O)N[C@H](CO)C[C@@H]1CCNC1=O. The number of benzene rings is 1. The molecule has 5 N–H and O–H groups in total. The molecule has 0 radical (unpaired) electrons. The van der Waals surface area contributed by atoms with E-state index < -0.39 is 35.6 Å². The summed E-state index contributed by atoms with van der Waals surface area (Å²) >= 11 is 0. The van der Waals surface area contributed by atoms with Gasteiger partial charge in [0, 0.05) is 12.5 Å². The minimum absolute atomic E-state index is 0.0128. The van der Waals surface area contributed by atoms with Crippen LogP contribution in [0.2, 0.25) is 0 Å². The van der Waals surface area contributed by atoms with E-state index in [1.165, 1.54) is 18.2 Å². The predicted molar refractivity (Wildman–Crippen MR) is 111 cm³/mol. The number of halogens is 1. The van der Waals surface area contributed by atoms with Crippen molar-refractivity contribution in [3.63, 3.8) is 0 Å². The fourth-order valence-electron chi connectivity index (χ4n) is 3.36. The smallest absolute Gasteiger partial charge is 0.313 e. The van der Waals surface area contributed by atoms with Gasteiger partial charge < -0.3 is 26.4 Å². The minimum atomic E-state index is -1.10. The molecule has 0 saturated carbocycles. The molecule has 1 aromatic rings. The van der Waals surface area contributed by atoms with Crippen LogP contribution in [0.5, 0.6) is 0 Å². The number of aliphatic hydroxyl groups is 1. The lowest BCUT2D eigenvalue weighted by molar-refractivity contribution is -0.138. The highest BCUT2D eigenvalue weighted by atomic mass is 19.1. The molecule has 0 bridgehead atoms. The molecule has 1 aliphatic heterocycles. The van der Waals surface area contributed by atoms with Crippen LogP contribution in [0.1, 0.15) is 33.1 Å². The number of para-hydroxylation sites is 1. The van der Waals surface area contributed by atoms with Crippen molar-refractivity contribution >= 4 is 29.3 Å². The summed E-state index contributed by atoms with van der Waals surface area (Å²) < 4.78 is 13.7. The molecule has 0 unspecified atom stereocenters. The lowest BCUT2D eigenvalue weighted by Gasteiger charge is -2.24. The van der Waals surface area contributed by atoms with Crippen LogP contribution in [-0.2, 0) is 19.2 Å². The first-order valence-corrected chi connectivity index (χ1v) is 10.3. The van der Waals surface area contributed by atoms with Crippen LogP contribution in [0.25, 0.3) is 0 Å². The third kappa shape index (κ3) is 7.32. The summed E-state index contributed by atoms with van der Waals surface area (Å²) in [4.78, 5) is 48.9. The van der Waals surface area contributed by atoms with Gasteiger partial charge in [0.25, 0.3) is 0 Å². The molecule has 1 saturated heterocycles. The van der Waals surface area contributed by atoms with E-state index in [0.29, 0.717) is 13.0 Å². The Morgan fingerprint density at radius 2 is 1.90 bits per heavy atom. The Morgan fingerprint density at radius 3 is 2.48 bits per heavy atom. The Morgan fingerprint density at radius 1 is 1.19 bits per heavy atom. The lowest BCUT2D eigenvalue weighted by atomic mass is 9.97. The van der Waals surface area contributed by atoms with Gasteiger partial charge in [-0.1, -0.05) is 26.0 Å². The molecule has 10 heteroatoms.